The fraction of sp³-hybridized carbons (Fsp3) is 0.600. The predicted molar refractivity (Wildman–Crippen MR) is 73.1 cm³/mol. The second-order valence-electron chi connectivity index (χ2n) is 5.87. The van der Waals surface area contributed by atoms with Crippen LogP contribution in [0.1, 0.15) is 37.4 Å². The molecule has 3 unspecified atom stereocenters. The van der Waals surface area contributed by atoms with Crippen LogP contribution in [0.3, 0.4) is 0 Å². The van der Waals surface area contributed by atoms with E-state index in [9.17, 15) is 17.6 Å². The van der Waals surface area contributed by atoms with E-state index < -0.39 is 23.6 Å². The minimum absolute atomic E-state index is 0.0624. The lowest BCUT2D eigenvalue weighted by molar-refractivity contribution is -0.139. The minimum atomic E-state index is -4.58. The minimum Gasteiger partial charge on any atom is -0.329 e. The van der Waals surface area contributed by atoms with Gasteiger partial charge < -0.3 is 5.73 Å². The Labute approximate surface area is 121 Å². The third kappa shape index (κ3) is 3.37. The molecule has 0 spiro atoms. The highest BCUT2D eigenvalue weighted by atomic mass is 19.4. The number of alkyl halides is 3. The first-order valence-electron chi connectivity index (χ1n) is 7.06. The first-order valence-corrected chi connectivity index (χ1v) is 7.06. The topological polar surface area (TPSA) is 29.3 Å². The van der Waals surface area contributed by atoms with Crippen LogP contribution in [-0.4, -0.2) is 24.0 Å². The number of nitrogens with two attached hydrogens (primary N) is 1. The van der Waals surface area contributed by atoms with E-state index >= 15 is 0 Å². The largest absolute Gasteiger partial charge is 0.416 e. The maximum absolute atomic E-state index is 13.2. The zero-order chi connectivity index (χ0) is 15.8. The van der Waals surface area contributed by atoms with Crippen molar-refractivity contribution in [1.29, 1.82) is 0 Å². The SMILES string of the molecule is CC1CC(C)N(C(CN)c2ccc(F)cc2C(F)(F)F)C1. The van der Waals surface area contributed by atoms with Crippen LogP contribution in [-0.2, 0) is 6.18 Å². The Balaban J connectivity index is 2.43. The molecule has 1 aromatic carbocycles. The van der Waals surface area contributed by atoms with Crippen molar-refractivity contribution in [3.05, 3.63) is 35.1 Å². The van der Waals surface area contributed by atoms with Crippen LogP contribution in [0.2, 0.25) is 0 Å². The molecule has 0 amide bonds. The molecule has 0 radical (unpaired) electrons. The van der Waals surface area contributed by atoms with E-state index in [0.717, 1.165) is 12.5 Å². The smallest absolute Gasteiger partial charge is 0.329 e. The molecule has 118 valence electrons. The number of halogens is 4. The van der Waals surface area contributed by atoms with Crippen molar-refractivity contribution in [1.82, 2.24) is 4.90 Å². The summed E-state index contributed by atoms with van der Waals surface area (Å²) >= 11 is 0. The lowest BCUT2D eigenvalue weighted by atomic mass is 9.97. The molecule has 0 saturated carbocycles. The van der Waals surface area contributed by atoms with E-state index in [2.05, 4.69) is 6.92 Å². The first kappa shape index (κ1) is 16.2. The van der Waals surface area contributed by atoms with Gasteiger partial charge in [0.25, 0.3) is 0 Å². The number of likely N-dealkylation sites (tertiary alicyclic amines) is 1. The van der Waals surface area contributed by atoms with Crippen molar-refractivity contribution in [3.63, 3.8) is 0 Å². The molecule has 0 bridgehead atoms. The summed E-state index contributed by atoms with van der Waals surface area (Å²) in [6.07, 6.45) is -3.65. The van der Waals surface area contributed by atoms with E-state index in [1.807, 2.05) is 11.8 Å². The summed E-state index contributed by atoms with van der Waals surface area (Å²) in [6.45, 7) is 4.84. The van der Waals surface area contributed by atoms with Gasteiger partial charge in [-0.15, -0.1) is 0 Å². The Kier molecular flexibility index (Phi) is 4.58. The summed E-state index contributed by atoms with van der Waals surface area (Å²) in [5, 5.41) is 0. The highest BCUT2D eigenvalue weighted by molar-refractivity contribution is 5.33. The van der Waals surface area contributed by atoms with Gasteiger partial charge in [0.05, 0.1) is 5.56 Å². The summed E-state index contributed by atoms with van der Waals surface area (Å²) in [5.41, 5.74) is 4.88. The van der Waals surface area contributed by atoms with Crippen LogP contribution >= 0.6 is 0 Å². The molecular weight excluding hydrogens is 284 g/mol. The van der Waals surface area contributed by atoms with Gasteiger partial charge in [-0.3, -0.25) is 4.90 Å². The Morgan fingerprint density at radius 1 is 1.33 bits per heavy atom. The van der Waals surface area contributed by atoms with Crippen LogP contribution in [0.5, 0.6) is 0 Å². The molecule has 0 aliphatic carbocycles. The molecule has 1 saturated heterocycles. The average Bonchev–Trinajstić information content (AvgIpc) is 2.70. The second-order valence-corrected chi connectivity index (χ2v) is 5.87. The van der Waals surface area contributed by atoms with Crippen LogP contribution in [0.25, 0.3) is 0 Å². The van der Waals surface area contributed by atoms with E-state index in [1.54, 1.807) is 0 Å². The van der Waals surface area contributed by atoms with E-state index in [-0.39, 0.29) is 18.2 Å². The van der Waals surface area contributed by atoms with Gasteiger partial charge in [-0.1, -0.05) is 13.0 Å². The molecule has 2 rings (SSSR count). The molecule has 0 aromatic heterocycles. The van der Waals surface area contributed by atoms with Gasteiger partial charge in [0.2, 0.25) is 0 Å². The molecule has 3 atom stereocenters. The fourth-order valence-corrected chi connectivity index (χ4v) is 3.27. The van der Waals surface area contributed by atoms with Crippen molar-refractivity contribution in [2.45, 2.75) is 38.5 Å². The number of nitrogens with zero attached hydrogens (tertiary/aromatic N) is 1. The average molecular weight is 304 g/mol. The third-order valence-corrected chi connectivity index (χ3v) is 4.14. The van der Waals surface area contributed by atoms with Crippen molar-refractivity contribution in [2.75, 3.05) is 13.1 Å². The molecule has 1 aliphatic heterocycles. The van der Waals surface area contributed by atoms with Crippen molar-refractivity contribution in [3.8, 4) is 0 Å². The Morgan fingerprint density at radius 2 is 2.00 bits per heavy atom. The normalized spacial score (nSPS) is 25.3. The second kappa shape index (κ2) is 5.93. The summed E-state index contributed by atoms with van der Waals surface area (Å²) in [5.74, 6) is -0.464. The molecule has 2 nitrogen and oxygen atoms in total. The van der Waals surface area contributed by atoms with Gasteiger partial charge in [-0.2, -0.15) is 13.2 Å². The molecule has 1 aliphatic rings. The monoisotopic (exact) mass is 304 g/mol. The Hall–Kier alpha value is -1.14. The highest BCUT2D eigenvalue weighted by Gasteiger charge is 2.39. The van der Waals surface area contributed by atoms with E-state index in [1.165, 1.54) is 6.07 Å². The third-order valence-electron chi connectivity index (χ3n) is 4.14. The van der Waals surface area contributed by atoms with Gasteiger partial charge >= 0.3 is 6.18 Å². The standard InChI is InChI=1S/C15H20F4N2/c1-9-5-10(2)21(8-9)14(7-20)12-4-3-11(16)6-13(12)15(17,18)19/h3-4,6,9-10,14H,5,7-8,20H2,1-2H3. The van der Waals surface area contributed by atoms with Crippen LogP contribution in [0.4, 0.5) is 17.6 Å². The van der Waals surface area contributed by atoms with Gasteiger partial charge in [-0.05, 0) is 37.0 Å². The maximum Gasteiger partial charge on any atom is 0.416 e. The van der Waals surface area contributed by atoms with Gasteiger partial charge in [-0.25, -0.2) is 4.39 Å². The zero-order valence-corrected chi connectivity index (χ0v) is 12.1. The Morgan fingerprint density at radius 3 is 2.48 bits per heavy atom. The van der Waals surface area contributed by atoms with Crippen molar-refractivity contribution >= 4 is 0 Å². The Bertz CT molecular complexity index is 501. The number of hydrogen-bond acceptors (Lipinski definition) is 2. The van der Waals surface area contributed by atoms with Crippen LogP contribution in [0, 0.1) is 11.7 Å². The molecule has 1 fully saturated rings. The fourth-order valence-electron chi connectivity index (χ4n) is 3.27. The lowest BCUT2D eigenvalue weighted by Gasteiger charge is -2.32. The number of hydrogen-bond donors (Lipinski definition) is 1. The molecule has 2 N–H and O–H groups in total. The number of benzene rings is 1. The van der Waals surface area contributed by atoms with Crippen molar-refractivity contribution < 1.29 is 17.6 Å². The van der Waals surface area contributed by atoms with Crippen molar-refractivity contribution in [2.24, 2.45) is 11.7 Å². The van der Waals surface area contributed by atoms with Gasteiger partial charge in [0.15, 0.2) is 0 Å². The van der Waals surface area contributed by atoms with Crippen LogP contribution < -0.4 is 5.73 Å². The summed E-state index contributed by atoms with van der Waals surface area (Å²) in [6, 6.07) is 2.46. The van der Waals surface area contributed by atoms with Gasteiger partial charge in [0.1, 0.15) is 5.82 Å². The molecule has 1 aromatic rings. The van der Waals surface area contributed by atoms with Gasteiger partial charge in [0, 0.05) is 25.2 Å². The summed E-state index contributed by atoms with van der Waals surface area (Å²) < 4.78 is 52.7. The molecular formula is C15H20F4N2. The van der Waals surface area contributed by atoms with E-state index in [0.29, 0.717) is 18.5 Å². The lowest BCUT2D eigenvalue weighted by Crippen LogP contribution is -2.37. The predicted octanol–water partition coefficient (Wildman–Crippen LogP) is 3.57. The summed E-state index contributed by atoms with van der Waals surface area (Å²) in [4.78, 5) is 1.99. The maximum atomic E-state index is 13.2. The summed E-state index contributed by atoms with van der Waals surface area (Å²) in [7, 11) is 0. The quantitative estimate of drug-likeness (QED) is 0.865. The number of rotatable bonds is 3. The van der Waals surface area contributed by atoms with E-state index in [4.69, 9.17) is 5.73 Å². The highest BCUT2D eigenvalue weighted by Crippen LogP contribution is 2.39. The zero-order valence-electron chi connectivity index (χ0n) is 12.1. The molecule has 1 heterocycles. The molecule has 6 heteroatoms. The first-order chi connectivity index (χ1) is 9.74. The van der Waals surface area contributed by atoms with Crippen LogP contribution in [0.15, 0.2) is 18.2 Å². The molecule has 21 heavy (non-hydrogen) atoms.